The normalized spacial score (nSPS) is 11.2. The van der Waals surface area contributed by atoms with E-state index >= 15 is 0 Å². The number of nitrogens with zero attached hydrogens (tertiary/aromatic N) is 3. The summed E-state index contributed by atoms with van der Waals surface area (Å²) < 4.78 is 7.28. The molecule has 0 unspecified atom stereocenters. The summed E-state index contributed by atoms with van der Waals surface area (Å²) >= 11 is 7.36. The van der Waals surface area contributed by atoms with Crippen LogP contribution in [0.2, 0.25) is 5.02 Å². The Morgan fingerprint density at radius 3 is 2.79 bits per heavy atom. The number of pyridine rings is 1. The Kier molecular flexibility index (Phi) is 5.34. The fraction of sp³-hybridized carbons (Fsp3) is 0.190. The van der Waals surface area contributed by atoms with Crippen molar-refractivity contribution in [2.24, 2.45) is 0 Å². The Bertz CT molecular complexity index is 1240. The van der Waals surface area contributed by atoms with Gasteiger partial charge in [0.25, 0.3) is 0 Å². The summed E-state index contributed by atoms with van der Waals surface area (Å²) in [6.45, 7) is 4.06. The predicted molar refractivity (Wildman–Crippen MR) is 117 cm³/mol. The van der Waals surface area contributed by atoms with E-state index in [1.54, 1.807) is 25.3 Å². The van der Waals surface area contributed by atoms with E-state index in [0.29, 0.717) is 21.6 Å². The third kappa shape index (κ3) is 3.88. The predicted octanol–water partition coefficient (Wildman–Crippen LogP) is 4.89. The Hall–Kier alpha value is -2.77. The van der Waals surface area contributed by atoms with E-state index < -0.39 is 0 Å². The standard InChI is InChI=1S/C21H19ClN4O2S/c1-12-4-5-14-9-13(2)20-24-25-21(26(20)17(14)8-12)29-11-19(27)23-16-10-15(22)6-7-18(16)28-3/h4-10H,11H2,1-3H3,(H,23,27). The van der Waals surface area contributed by atoms with Crippen LogP contribution in [0.25, 0.3) is 16.6 Å². The molecular weight excluding hydrogens is 408 g/mol. The highest BCUT2D eigenvalue weighted by molar-refractivity contribution is 7.99. The topological polar surface area (TPSA) is 68.5 Å². The molecule has 2 aromatic heterocycles. The maximum absolute atomic E-state index is 12.5. The molecular formula is C21H19ClN4O2S. The van der Waals surface area contributed by atoms with E-state index in [0.717, 1.165) is 27.7 Å². The minimum absolute atomic E-state index is 0.178. The van der Waals surface area contributed by atoms with Crippen molar-refractivity contribution in [3.8, 4) is 5.75 Å². The average Bonchev–Trinajstić information content (AvgIpc) is 3.12. The van der Waals surface area contributed by atoms with Gasteiger partial charge in [-0.1, -0.05) is 35.5 Å². The van der Waals surface area contributed by atoms with E-state index in [1.807, 2.05) is 18.2 Å². The average molecular weight is 427 g/mol. The van der Waals surface area contributed by atoms with Crippen LogP contribution in [0, 0.1) is 13.8 Å². The van der Waals surface area contributed by atoms with Crippen LogP contribution in [0.5, 0.6) is 5.75 Å². The van der Waals surface area contributed by atoms with E-state index in [1.165, 1.54) is 11.8 Å². The number of hydrogen-bond acceptors (Lipinski definition) is 5. The van der Waals surface area contributed by atoms with Gasteiger partial charge in [0, 0.05) is 5.02 Å². The zero-order valence-electron chi connectivity index (χ0n) is 16.2. The van der Waals surface area contributed by atoms with Crippen molar-refractivity contribution in [3.63, 3.8) is 0 Å². The summed E-state index contributed by atoms with van der Waals surface area (Å²) in [6, 6.07) is 13.5. The number of rotatable bonds is 5. The number of aryl methyl sites for hydroxylation is 2. The van der Waals surface area contributed by atoms with E-state index in [4.69, 9.17) is 16.3 Å². The number of anilines is 1. The number of carbonyl (C=O) groups is 1. The van der Waals surface area contributed by atoms with Crippen LogP contribution >= 0.6 is 23.4 Å². The molecule has 2 heterocycles. The number of fused-ring (bicyclic) bond motifs is 3. The molecule has 0 saturated carbocycles. The number of halogens is 1. The highest BCUT2D eigenvalue weighted by Crippen LogP contribution is 2.29. The van der Waals surface area contributed by atoms with Crippen LogP contribution in [0.4, 0.5) is 5.69 Å². The summed E-state index contributed by atoms with van der Waals surface area (Å²) in [5.74, 6) is 0.552. The van der Waals surface area contributed by atoms with Crippen LogP contribution in [0.1, 0.15) is 11.1 Å². The molecule has 4 aromatic rings. The highest BCUT2D eigenvalue weighted by atomic mass is 35.5. The monoisotopic (exact) mass is 426 g/mol. The molecule has 4 rings (SSSR count). The van der Waals surface area contributed by atoms with Crippen LogP contribution in [0.15, 0.2) is 47.6 Å². The molecule has 0 aliphatic rings. The van der Waals surface area contributed by atoms with Gasteiger partial charge in [0.15, 0.2) is 10.8 Å². The lowest BCUT2D eigenvalue weighted by Crippen LogP contribution is -2.15. The molecule has 6 nitrogen and oxygen atoms in total. The third-order valence-electron chi connectivity index (χ3n) is 4.55. The second-order valence-electron chi connectivity index (χ2n) is 6.71. The lowest BCUT2D eigenvalue weighted by molar-refractivity contribution is -0.113. The summed E-state index contributed by atoms with van der Waals surface area (Å²) in [7, 11) is 1.55. The van der Waals surface area contributed by atoms with Crippen molar-refractivity contribution in [3.05, 3.63) is 58.6 Å². The van der Waals surface area contributed by atoms with Gasteiger partial charge < -0.3 is 10.1 Å². The molecule has 0 bridgehead atoms. The van der Waals surface area contributed by atoms with Crippen molar-refractivity contribution >= 4 is 51.5 Å². The number of benzene rings is 2. The first-order valence-electron chi connectivity index (χ1n) is 8.97. The van der Waals surface area contributed by atoms with Gasteiger partial charge in [0.1, 0.15) is 5.75 Å². The molecule has 0 radical (unpaired) electrons. The van der Waals surface area contributed by atoms with Crippen molar-refractivity contribution in [2.45, 2.75) is 19.0 Å². The van der Waals surface area contributed by atoms with Crippen molar-refractivity contribution in [1.82, 2.24) is 14.6 Å². The zero-order valence-corrected chi connectivity index (χ0v) is 17.8. The second-order valence-corrected chi connectivity index (χ2v) is 8.09. The third-order valence-corrected chi connectivity index (χ3v) is 5.72. The molecule has 148 valence electrons. The summed E-state index contributed by atoms with van der Waals surface area (Å²) in [5, 5.41) is 13.8. The number of carbonyl (C=O) groups excluding carboxylic acids is 1. The van der Waals surface area contributed by atoms with Gasteiger partial charge >= 0.3 is 0 Å². The molecule has 29 heavy (non-hydrogen) atoms. The molecule has 0 fully saturated rings. The smallest absolute Gasteiger partial charge is 0.234 e. The van der Waals surface area contributed by atoms with Crippen LogP contribution in [-0.2, 0) is 4.79 Å². The zero-order chi connectivity index (χ0) is 20.5. The van der Waals surface area contributed by atoms with Crippen molar-refractivity contribution in [2.75, 3.05) is 18.2 Å². The second kappa shape index (κ2) is 7.93. The van der Waals surface area contributed by atoms with Gasteiger partial charge in [0.05, 0.1) is 24.1 Å². The van der Waals surface area contributed by atoms with Crippen LogP contribution < -0.4 is 10.1 Å². The number of thioether (sulfide) groups is 1. The summed E-state index contributed by atoms with van der Waals surface area (Å²) in [4.78, 5) is 12.5. The number of nitrogens with one attached hydrogen (secondary N) is 1. The number of hydrogen-bond donors (Lipinski definition) is 1. The molecule has 0 spiro atoms. The van der Waals surface area contributed by atoms with E-state index in [2.05, 4.69) is 39.8 Å². The fourth-order valence-corrected chi connectivity index (χ4v) is 4.11. The minimum atomic E-state index is -0.180. The maximum Gasteiger partial charge on any atom is 0.234 e. The Morgan fingerprint density at radius 2 is 2.00 bits per heavy atom. The Balaban J connectivity index is 1.60. The number of amides is 1. The Labute approximate surface area is 177 Å². The summed E-state index contributed by atoms with van der Waals surface area (Å²) in [5.41, 5.74) is 4.54. The summed E-state index contributed by atoms with van der Waals surface area (Å²) in [6.07, 6.45) is 0. The van der Waals surface area contributed by atoms with Crippen LogP contribution in [0.3, 0.4) is 0 Å². The molecule has 0 atom stereocenters. The van der Waals surface area contributed by atoms with Gasteiger partial charge in [-0.15, -0.1) is 10.2 Å². The number of aromatic nitrogens is 3. The first-order valence-corrected chi connectivity index (χ1v) is 10.3. The minimum Gasteiger partial charge on any atom is -0.495 e. The SMILES string of the molecule is COc1ccc(Cl)cc1NC(=O)CSc1nnc2c(C)cc3ccc(C)cc3n12. The van der Waals surface area contributed by atoms with Crippen LogP contribution in [-0.4, -0.2) is 33.4 Å². The molecule has 0 aliphatic carbocycles. The van der Waals surface area contributed by atoms with Gasteiger partial charge in [-0.25, -0.2) is 0 Å². The molecule has 0 aliphatic heterocycles. The largest absolute Gasteiger partial charge is 0.495 e. The van der Waals surface area contributed by atoms with Crippen molar-refractivity contribution in [1.29, 1.82) is 0 Å². The van der Waals surface area contributed by atoms with Crippen molar-refractivity contribution < 1.29 is 9.53 Å². The molecule has 2 aromatic carbocycles. The quantitative estimate of drug-likeness (QED) is 0.460. The number of methoxy groups -OCH3 is 1. The molecule has 8 heteroatoms. The Morgan fingerprint density at radius 1 is 1.17 bits per heavy atom. The van der Waals surface area contributed by atoms with E-state index in [-0.39, 0.29) is 11.7 Å². The lowest BCUT2D eigenvalue weighted by Gasteiger charge is -2.10. The highest BCUT2D eigenvalue weighted by Gasteiger charge is 2.15. The first kappa shape index (κ1) is 19.5. The maximum atomic E-state index is 12.5. The first-order chi connectivity index (χ1) is 14.0. The van der Waals surface area contributed by atoms with E-state index in [9.17, 15) is 4.79 Å². The van der Waals surface area contributed by atoms with Gasteiger partial charge in [-0.2, -0.15) is 0 Å². The van der Waals surface area contributed by atoms with Gasteiger partial charge in [0.2, 0.25) is 5.91 Å². The van der Waals surface area contributed by atoms with Gasteiger partial charge in [-0.3, -0.25) is 9.20 Å². The lowest BCUT2D eigenvalue weighted by atomic mass is 10.1. The molecule has 1 amide bonds. The number of ether oxygens (including phenoxy) is 1. The fourth-order valence-electron chi connectivity index (χ4n) is 3.20. The molecule has 1 N–H and O–H groups in total. The molecule has 0 saturated heterocycles. The van der Waals surface area contributed by atoms with Gasteiger partial charge in [-0.05, 0) is 60.7 Å².